The van der Waals surface area contributed by atoms with Crippen LogP contribution in [0.2, 0.25) is 0 Å². The number of rotatable bonds is 3. The summed E-state index contributed by atoms with van der Waals surface area (Å²) >= 11 is 0. The Morgan fingerprint density at radius 2 is 2.06 bits per heavy atom. The third-order valence-corrected chi connectivity index (χ3v) is 2.76. The van der Waals surface area contributed by atoms with Crippen molar-refractivity contribution in [2.24, 2.45) is 5.41 Å². The lowest BCUT2D eigenvalue weighted by Crippen LogP contribution is -2.17. The molecule has 88 valence electrons. The second-order valence-corrected chi connectivity index (χ2v) is 4.03. The summed E-state index contributed by atoms with van der Waals surface area (Å²) in [7, 11) is 0. The maximum Gasteiger partial charge on any atom is 0.449 e. The molecule has 0 atom stereocenters. The summed E-state index contributed by atoms with van der Waals surface area (Å²) in [6, 6.07) is 2.01. The summed E-state index contributed by atoms with van der Waals surface area (Å²) in [6.45, 7) is 0. The maximum absolute atomic E-state index is 12.2. The maximum atomic E-state index is 12.2. The van der Waals surface area contributed by atoms with Crippen LogP contribution < -0.4 is 0 Å². The van der Waals surface area contributed by atoms with Gasteiger partial charge in [-0.15, -0.1) is 0 Å². The number of hydrogen-bond acceptors (Lipinski definition) is 2. The van der Waals surface area contributed by atoms with Crippen molar-refractivity contribution in [3.8, 4) is 0 Å². The molecule has 1 fully saturated rings. The molecule has 1 aromatic rings. The van der Waals surface area contributed by atoms with Gasteiger partial charge in [0, 0.05) is 6.42 Å². The minimum absolute atomic E-state index is 0.0262. The molecule has 0 spiro atoms. The molecule has 1 aliphatic rings. The minimum atomic E-state index is -4.52. The van der Waals surface area contributed by atoms with E-state index >= 15 is 0 Å². The molecule has 1 N–H and O–H groups in total. The lowest BCUT2D eigenvalue weighted by Gasteiger charge is -2.06. The summed E-state index contributed by atoms with van der Waals surface area (Å²) in [5.41, 5.74) is -0.902. The van der Waals surface area contributed by atoms with E-state index in [1.807, 2.05) is 0 Å². The highest BCUT2D eigenvalue weighted by atomic mass is 19.4. The fourth-order valence-electron chi connectivity index (χ4n) is 1.58. The van der Waals surface area contributed by atoms with Gasteiger partial charge in [0.1, 0.15) is 5.76 Å². The van der Waals surface area contributed by atoms with Gasteiger partial charge in [-0.3, -0.25) is 4.79 Å². The molecule has 0 aromatic carbocycles. The average molecular weight is 234 g/mol. The number of carboxylic acid groups (broad SMARTS) is 1. The van der Waals surface area contributed by atoms with E-state index in [0.29, 0.717) is 12.8 Å². The second-order valence-electron chi connectivity index (χ2n) is 4.03. The number of carboxylic acids is 1. The van der Waals surface area contributed by atoms with Crippen LogP contribution >= 0.6 is 0 Å². The van der Waals surface area contributed by atoms with Gasteiger partial charge in [0.2, 0.25) is 5.76 Å². The van der Waals surface area contributed by atoms with Gasteiger partial charge >= 0.3 is 12.1 Å². The highest BCUT2D eigenvalue weighted by Crippen LogP contribution is 2.49. The quantitative estimate of drug-likeness (QED) is 0.874. The van der Waals surface area contributed by atoms with Gasteiger partial charge in [-0.2, -0.15) is 13.2 Å². The van der Waals surface area contributed by atoms with Crippen molar-refractivity contribution in [2.45, 2.75) is 25.4 Å². The van der Waals surface area contributed by atoms with Crippen LogP contribution in [0.25, 0.3) is 0 Å². The third kappa shape index (κ3) is 1.91. The third-order valence-electron chi connectivity index (χ3n) is 2.76. The van der Waals surface area contributed by atoms with E-state index in [-0.39, 0.29) is 12.2 Å². The van der Waals surface area contributed by atoms with Gasteiger partial charge in [-0.05, 0) is 25.0 Å². The molecule has 1 aliphatic carbocycles. The van der Waals surface area contributed by atoms with Gasteiger partial charge in [0.15, 0.2) is 0 Å². The average Bonchev–Trinajstić information content (AvgIpc) is 2.74. The monoisotopic (exact) mass is 234 g/mol. The van der Waals surface area contributed by atoms with Crippen molar-refractivity contribution < 1.29 is 27.5 Å². The van der Waals surface area contributed by atoms with E-state index in [2.05, 4.69) is 4.42 Å². The van der Waals surface area contributed by atoms with Crippen LogP contribution in [0.3, 0.4) is 0 Å². The number of hydrogen-bond donors (Lipinski definition) is 1. The van der Waals surface area contributed by atoms with Crippen LogP contribution in [0.4, 0.5) is 13.2 Å². The fraction of sp³-hybridized carbons (Fsp3) is 0.500. The minimum Gasteiger partial charge on any atom is -0.481 e. The predicted molar refractivity (Wildman–Crippen MR) is 46.7 cm³/mol. The number of halogens is 3. The zero-order chi connectivity index (χ0) is 12.0. The van der Waals surface area contributed by atoms with Crippen molar-refractivity contribution in [2.75, 3.05) is 0 Å². The van der Waals surface area contributed by atoms with Crippen LogP contribution in [-0.4, -0.2) is 11.1 Å². The highest BCUT2D eigenvalue weighted by molar-refractivity contribution is 5.78. The lowest BCUT2D eigenvalue weighted by atomic mass is 10.0. The SMILES string of the molecule is O=C(O)C1(Cc2ccc(C(F)(F)F)o2)CC1. The molecule has 0 bridgehead atoms. The number of furan rings is 1. The number of carbonyl (C=O) groups is 1. The van der Waals surface area contributed by atoms with Crippen molar-refractivity contribution in [1.82, 2.24) is 0 Å². The van der Waals surface area contributed by atoms with Gasteiger partial charge < -0.3 is 9.52 Å². The normalized spacial score (nSPS) is 18.4. The van der Waals surface area contributed by atoms with Crippen molar-refractivity contribution in [3.63, 3.8) is 0 Å². The lowest BCUT2D eigenvalue weighted by molar-refractivity contribution is -0.153. The molecule has 16 heavy (non-hydrogen) atoms. The largest absolute Gasteiger partial charge is 0.481 e. The molecule has 1 saturated carbocycles. The first-order chi connectivity index (χ1) is 7.33. The molecule has 6 heteroatoms. The van der Waals surface area contributed by atoms with E-state index in [4.69, 9.17) is 5.11 Å². The topological polar surface area (TPSA) is 50.4 Å². The Kier molecular flexibility index (Phi) is 2.25. The molecule has 2 rings (SSSR count). The Hall–Kier alpha value is -1.46. The molecular weight excluding hydrogens is 225 g/mol. The summed E-state index contributed by atoms with van der Waals surface area (Å²) in [5, 5.41) is 8.87. The zero-order valence-corrected chi connectivity index (χ0v) is 8.17. The molecule has 0 amide bonds. The second kappa shape index (κ2) is 3.26. The smallest absolute Gasteiger partial charge is 0.449 e. The van der Waals surface area contributed by atoms with Gasteiger partial charge in [-0.1, -0.05) is 0 Å². The Balaban J connectivity index is 2.12. The first-order valence-corrected chi connectivity index (χ1v) is 4.73. The summed E-state index contributed by atoms with van der Waals surface area (Å²) < 4.78 is 41.2. The van der Waals surface area contributed by atoms with Crippen LogP contribution in [0, 0.1) is 5.41 Å². The van der Waals surface area contributed by atoms with Gasteiger partial charge in [-0.25, -0.2) is 0 Å². The number of alkyl halides is 3. The van der Waals surface area contributed by atoms with Crippen LogP contribution in [0.15, 0.2) is 16.5 Å². The van der Waals surface area contributed by atoms with Gasteiger partial charge in [0.05, 0.1) is 5.41 Å². The van der Waals surface area contributed by atoms with E-state index in [1.165, 1.54) is 6.07 Å². The molecule has 1 aromatic heterocycles. The zero-order valence-electron chi connectivity index (χ0n) is 8.17. The Bertz CT molecular complexity index is 415. The Morgan fingerprint density at radius 1 is 1.44 bits per heavy atom. The molecular formula is C10H9F3O3. The fourth-order valence-corrected chi connectivity index (χ4v) is 1.58. The Labute approximate surface area is 88.9 Å². The van der Waals surface area contributed by atoms with E-state index in [9.17, 15) is 18.0 Å². The molecule has 1 heterocycles. The molecule has 0 radical (unpaired) electrons. The summed E-state index contributed by atoms with van der Waals surface area (Å²) in [6.07, 6.45) is -3.51. The predicted octanol–water partition coefficient (Wildman–Crippen LogP) is 2.71. The van der Waals surface area contributed by atoms with E-state index < -0.39 is 23.3 Å². The van der Waals surface area contributed by atoms with Gasteiger partial charge in [0.25, 0.3) is 0 Å². The molecule has 0 saturated heterocycles. The van der Waals surface area contributed by atoms with Crippen LogP contribution in [-0.2, 0) is 17.4 Å². The molecule has 3 nitrogen and oxygen atoms in total. The number of aliphatic carboxylic acids is 1. The van der Waals surface area contributed by atoms with Crippen molar-refractivity contribution in [1.29, 1.82) is 0 Å². The van der Waals surface area contributed by atoms with Crippen molar-refractivity contribution in [3.05, 3.63) is 23.7 Å². The molecule has 0 aliphatic heterocycles. The van der Waals surface area contributed by atoms with Crippen molar-refractivity contribution >= 4 is 5.97 Å². The van der Waals surface area contributed by atoms with Crippen LogP contribution in [0.1, 0.15) is 24.4 Å². The summed E-state index contributed by atoms with van der Waals surface area (Å²) in [4.78, 5) is 10.8. The summed E-state index contributed by atoms with van der Waals surface area (Å²) in [5.74, 6) is -1.98. The van der Waals surface area contributed by atoms with E-state index in [1.54, 1.807) is 0 Å². The Morgan fingerprint density at radius 3 is 2.44 bits per heavy atom. The van der Waals surface area contributed by atoms with E-state index in [0.717, 1.165) is 6.07 Å². The molecule has 0 unspecified atom stereocenters. The highest BCUT2D eigenvalue weighted by Gasteiger charge is 2.51. The van der Waals surface area contributed by atoms with Crippen LogP contribution in [0.5, 0.6) is 0 Å². The first kappa shape index (κ1) is 11.0. The standard InChI is InChI=1S/C10H9F3O3/c11-10(12,13)7-2-1-6(16-7)5-9(3-4-9)8(14)15/h1-2H,3-5H2,(H,14,15). The first-order valence-electron chi connectivity index (χ1n) is 4.73.